The minimum Gasteiger partial charge on any atom is -0.494 e. The van der Waals surface area contributed by atoms with Crippen LogP contribution < -0.4 is 4.74 Å². The summed E-state index contributed by atoms with van der Waals surface area (Å²) >= 11 is 0. The normalized spacial score (nSPS) is 22.6. The van der Waals surface area contributed by atoms with Crippen molar-refractivity contribution < 1.29 is 19.7 Å². The zero-order chi connectivity index (χ0) is 23.5. The Hall–Kier alpha value is -4.09. The third-order valence-electron chi connectivity index (χ3n) is 7.10. The molecule has 0 radical (unpaired) electrons. The molecule has 2 atom stereocenters. The predicted octanol–water partition coefficient (Wildman–Crippen LogP) is 4.41. The molecule has 1 fully saturated rings. The lowest BCUT2D eigenvalue weighted by Crippen LogP contribution is -2.25. The molecule has 8 heteroatoms. The van der Waals surface area contributed by atoms with E-state index in [1.54, 1.807) is 24.4 Å². The standard InChI is InChI=1S/C26H22N4O4/c1-25-9-10-26(34-25,11-13-33-20-8-12-28-15-29-20)22-21(25)23(31)30(24(22)32)19-7-6-16(14-27)17-4-2-3-5-18(17)19/h2-8,12,15,31-32H,9-11,13H2,1H3/t25-,26-/m1/s1. The Kier molecular flexibility index (Phi) is 4.35. The first-order chi connectivity index (χ1) is 16.5. The van der Waals surface area contributed by atoms with E-state index in [2.05, 4.69) is 16.0 Å². The van der Waals surface area contributed by atoms with Crippen LogP contribution in [-0.4, -0.2) is 31.4 Å². The molecule has 170 valence electrons. The van der Waals surface area contributed by atoms with Crippen molar-refractivity contribution in [2.24, 2.45) is 0 Å². The second-order valence-corrected chi connectivity index (χ2v) is 9.00. The molecule has 2 N–H and O–H groups in total. The van der Waals surface area contributed by atoms with Crippen LogP contribution in [0.25, 0.3) is 16.5 Å². The van der Waals surface area contributed by atoms with Crippen LogP contribution >= 0.6 is 0 Å². The molecule has 0 amide bonds. The highest BCUT2D eigenvalue weighted by Crippen LogP contribution is 2.65. The number of aromatic nitrogens is 3. The zero-order valence-corrected chi connectivity index (χ0v) is 18.5. The predicted molar refractivity (Wildman–Crippen MR) is 123 cm³/mol. The summed E-state index contributed by atoms with van der Waals surface area (Å²) in [5.74, 6) is 0.384. The molecular weight excluding hydrogens is 432 g/mol. The first-order valence-electron chi connectivity index (χ1n) is 11.2. The Morgan fingerprint density at radius 2 is 1.88 bits per heavy atom. The number of hydrogen-bond donors (Lipinski definition) is 2. The van der Waals surface area contributed by atoms with Crippen molar-refractivity contribution in [3.05, 3.63) is 71.7 Å². The zero-order valence-electron chi connectivity index (χ0n) is 18.5. The van der Waals surface area contributed by atoms with Gasteiger partial charge in [0.1, 0.15) is 11.9 Å². The lowest BCUT2D eigenvalue weighted by molar-refractivity contribution is -0.0877. The van der Waals surface area contributed by atoms with E-state index in [1.165, 1.54) is 10.9 Å². The molecule has 4 heterocycles. The third-order valence-corrected chi connectivity index (χ3v) is 7.10. The van der Waals surface area contributed by atoms with Crippen molar-refractivity contribution in [3.8, 4) is 29.4 Å². The van der Waals surface area contributed by atoms with E-state index < -0.39 is 11.2 Å². The fourth-order valence-electron chi connectivity index (χ4n) is 5.60. The molecule has 2 aromatic carbocycles. The van der Waals surface area contributed by atoms with Crippen molar-refractivity contribution >= 4 is 10.8 Å². The van der Waals surface area contributed by atoms with Crippen LogP contribution in [-0.2, 0) is 15.9 Å². The van der Waals surface area contributed by atoms with E-state index in [1.807, 2.05) is 31.2 Å². The van der Waals surface area contributed by atoms with Crippen molar-refractivity contribution in [2.45, 2.75) is 37.4 Å². The van der Waals surface area contributed by atoms with Gasteiger partial charge in [-0.1, -0.05) is 24.3 Å². The smallest absolute Gasteiger partial charge is 0.216 e. The fraction of sp³-hybridized carbons (Fsp3) is 0.269. The highest BCUT2D eigenvalue weighted by atomic mass is 16.5. The van der Waals surface area contributed by atoms with Gasteiger partial charge < -0.3 is 19.7 Å². The van der Waals surface area contributed by atoms with Gasteiger partial charge in [0.05, 0.1) is 40.7 Å². The maximum Gasteiger partial charge on any atom is 0.216 e. The molecule has 2 aliphatic rings. The van der Waals surface area contributed by atoms with Crippen LogP contribution in [0, 0.1) is 11.3 Å². The molecule has 8 nitrogen and oxygen atoms in total. The Morgan fingerprint density at radius 1 is 1.09 bits per heavy atom. The van der Waals surface area contributed by atoms with Gasteiger partial charge in [0.15, 0.2) is 0 Å². The monoisotopic (exact) mass is 454 g/mol. The minimum absolute atomic E-state index is 0.0387. The summed E-state index contributed by atoms with van der Waals surface area (Å²) in [5.41, 5.74) is 0.887. The SMILES string of the molecule is C[C@]12CC[C@](CCOc3ccncn3)(O1)c1c2c(O)n(-c2ccc(C#N)c3ccccc23)c1O. The summed E-state index contributed by atoms with van der Waals surface area (Å²) < 4.78 is 13.7. The van der Waals surface area contributed by atoms with Crippen molar-refractivity contribution in [1.82, 2.24) is 14.5 Å². The summed E-state index contributed by atoms with van der Waals surface area (Å²) in [7, 11) is 0. The van der Waals surface area contributed by atoms with Gasteiger partial charge in [-0.2, -0.15) is 5.26 Å². The average Bonchev–Trinajstić information content (AvgIpc) is 3.43. The average molecular weight is 454 g/mol. The van der Waals surface area contributed by atoms with Crippen LogP contribution in [0.1, 0.15) is 42.9 Å². The number of rotatable bonds is 5. The number of nitriles is 1. The second-order valence-electron chi connectivity index (χ2n) is 9.00. The Morgan fingerprint density at radius 3 is 2.65 bits per heavy atom. The second kappa shape index (κ2) is 7.20. The van der Waals surface area contributed by atoms with Gasteiger partial charge in [-0.25, -0.2) is 9.97 Å². The van der Waals surface area contributed by atoms with Gasteiger partial charge >= 0.3 is 0 Å². The van der Waals surface area contributed by atoms with Crippen LogP contribution in [0.5, 0.6) is 17.6 Å². The molecule has 0 aliphatic carbocycles. The number of fused-ring (bicyclic) bond motifs is 6. The molecule has 2 bridgehead atoms. The maximum atomic E-state index is 11.5. The van der Waals surface area contributed by atoms with Crippen molar-refractivity contribution in [2.75, 3.05) is 6.61 Å². The largest absolute Gasteiger partial charge is 0.494 e. The van der Waals surface area contributed by atoms with Gasteiger partial charge in [0.25, 0.3) is 0 Å². The van der Waals surface area contributed by atoms with Gasteiger partial charge in [0.2, 0.25) is 17.6 Å². The number of aromatic hydroxyl groups is 2. The van der Waals surface area contributed by atoms with Gasteiger partial charge in [-0.15, -0.1) is 0 Å². The summed E-state index contributed by atoms with van der Waals surface area (Å²) in [6.45, 7) is 2.28. The quantitative estimate of drug-likeness (QED) is 0.459. The van der Waals surface area contributed by atoms with Crippen LogP contribution in [0.2, 0.25) is 0 Å². The molecule has 1 saturated heterocycles. The van der Waals surface area contributed by atoms with Gasteiger partial charge in [0, 0.05) is 29.5 Å². The van der Waals surface area contributed by atoms with E-state index in [4.69, 9.17) is 9.47 Å². The third kappa shape index (κ3) is 2.74. The van der Waals surface area contributed by atoms with Crippen LogP contribution in [0.3, 0.4) is 0 Å². The Balaban J connectivity index is 1.46. The van der Waals surface area contributed by atoms with Gasteiger partial charge in [-0.05, 0) is 31.9 Å². The lowest BCUT2D eigenvalue weighted by atomic mass is 9.78. The van der Waals surface area contributed by atoms with Crippen molar-refractivity contribution in [3.63, 3.8) is 0 Å². The van der Waals surface area contributed by atoms with E-state index in [0.29, 0.717) is 47.7 Å². The fourth-order valence-corrected chi connectivity index (χ4v) is 5.60. The first-order valence-corrected chi connectivity index (χ1v) is 11.2. The molecule has 2 aromatic heterocycles. The maximum absolute atomic E-state index is 11.5. The Labute approximate surface area is 195 Å². The first kappa shape index (κ1) is 20.5. The van der Waals surface area contributed by atoms with E-state index >= 15 is 0 Å². The summed E-state index contributed by atoms with van der Waals surface area (Å²) in [6, 6.07) is 14.8. The van der Waals surface area contributed by atoms with Gasteiger partial charge in [-0.3, -0.25) is 4.57 Å². The number of benzene rings is 2. The molecular formula is C26H22N4O4. The van der Waals surface area contributed by atoms with E-state index in [0.717, 1.165) is 17.2 Å². The topological polar surface area (TPSA) is 113 Å². The summed E-state index contributed by atoms with van der Waals surface area (Å²) in [6.07, 6.45) is 4.96. The molecule has 0 spiro atoms. The summed E-state index contributed by atoms with van der Waals surface area (Å²) in [5, 5.41) is 33.9. The molecule has 2 aliphatic heterocycles. The number of ether oxygens (including phenoxy) is 2. The van der Waals surface area contributed by atoms with Crippen LogP contribution in [0.15, 0.2) is 55.0 Å². The lowest BCUT2D eigenvalue weighted by Gasteiger charge is -2.26. The Bertz CT molecular complexity index is 1480. The number of hydrogen-bond acceptors (Lipinski definition) is 7. The molecule has 4 aromatic rings. The molecule has 6 rings (SSSR count). The molecule has 0 saturated carbocycles. The highest BCUT2D eigenvalue weighted by molar-refractivity contribution is 5.95. The van der Waals surface area contributed by atoms with E-state index in [9.17, 15) is 15.5 Å². The highest BCUT2D eigenvalue weighted by Gasteiger charge is 2.61. The molecule has 34 heavy (non-hydrogen) atoms. The van der Waals surface area contributed by atoms with E-state index in [-0.39, 0.29) is 11.8 Å². The number of nitrogens with zero attached hydrogens (tertiary/aromatic N) is 4. The van der Waals surface area contributed by atoms with Crippen molar-refractivity contribution in [1.29, 1.82) is 5.26 Å². The summed E-state index contributed by atoms with van der Waals surface area (Å²) in [4.78, 5) is 7.98. The molecule has 0 unspecified atom stereocenters. The minimum atomic E-state index is -0.772. The van der Waals surface area contributed by atoms with Crippen LogP contribution in [0.4, 0.5) is 0 Å².